The van der Waals surface area contributed by atoms with E-state index in [4.69, 9.17) is 9.47 Å². The number of unbranched alkanes of at least 4 members (excludes halogenated alkanes) is 1. The smallest absolute Gasteiger partial charge is 0.258 e. The molecule has 3 fully saturated rings. The maximum absolute atomic E-state index is 13.2. The first-order valence-corrected chi connectivity index (χ1v) is 13.8. The standard InChI is InChI=1S/C30H37FN2O3/c1-2-3-17-35-25-9-10-27-21(18-25)12-16-32(29(27)34)23-5-7-24(8-6-23)36-26-19-22-11-13-30(22)28(20-26)33(30)15-4-14-31/h5-10,18,22,26,28H,2-4,11-17,19-20H2,1H3/t22-,26+,28-,30?,33?/m1/s1. The van der Waals surface area contributed by atoms with Crippen molar-refractivity contribution in [3.8, 4) is 11.5 Å². The Kier molecular flexibility index (Phi) is 6.40. The van der Waals surface area contributed by atoms with Crippen molar-refractivity contribution in [1.29, 1.82) is 0 Å². The van der Waals surface area contributed by atoms with Crippen LogP contribution in [0.2, 0.25) is 0 Å². The number of ether oxygens (including phenoxy) is 2. The summed E-state index contributed by atoms with van der Waals surface area (Å²) in [5.41, 5.74) is 3.11. The molecule has 6 rings (SSSR count). The first kappa shape index (κ1) is 23.8. The van der Waals surface area contributed by atoms with Gasteiger partial charge in [0, 0.05) is 42.3 Å². The second-order valence-electron chi connectivity index (χ2n) is 10.9. The van der Waals surface area contributed by atoms with E-state index in [1.54, 1.807) is 0 Å². The molecule has 0 bridgehead atoms. The van der Waals surface area contributed by atoms with E-state index in [9.17, 15) is 9.18 Å². The first-order valence-electron chi connectivity index (χ1n) is 13.8. The SMILES string of the molecule is CCCCOc1ccc2c(c1)CCN(c1ccc(O[C@H]3C[C@H]4CCC45[C@@H](C3)N5CCCF)cc1)C2=O. The van der Waals surface area contributed by atoms with Crippen LogP contribution < -0.4 is 14.4 Å². The molecule has 2 aliphatic carbocycles. The van der Waals surface area contributed by atoms with Gasteiger partial charge in [-0.05, 0) is 92.5 Å². The van der Waals surface area contributed by atoms with E-state index in [2.05, 4.69) is 11.8 Å². The third-order valence-corrected chi connectivity index (χ3v) is 8.96. The number of likely N-dealkylation sites (tertiary alicyclic amines) is 1. The van der Waals surface area contributed by atoms with Crippen LogP contribution in [0.3, 0.4) is 0 Å². The monoisotopic (exact) mass is 492 g/mol. The van der Waals surface area contributed by atoms with Gasteiger partial charge in [-0.15, -0.1) is 0 Å². The Morgan fingerprint density at radius 2 is 1.92 bits per heavy atom. The molecule has 2 heterocycles. The Labute approximate surface area is 213 Å². The number of halogens is 1. The zero-order valence-corrected chi connectivity index (χ0v) is 21.3. The maximum atomic E-state index is 13.2. The van der Waals surface area contributed by atoms with Crippen molar-refractivity contribution in [3.05, 3.63) is 53.6 Å². The van der Waals surface area contributed by atoms with Gasteiger partial charge in [-0.3, -0.25) is 14.1 Å². The van der Waals surface area contributed by atoms with Gasteiger partial charge in [-0.2, -0.15) is 0 Å². The summed E-state index contributed by atoms with van der Waals surface area (Å²) in [5.74, 6) is 2.46. The molecule has 0 N–H and O–H groups in total. The van der Waals surface area contributed by atoms with Gasteiger partial charge >= 0.3 is 0 Å². The van der Waals surface area contributed by atoms with Crippen molar-refractivity contribution >= 4 is 11.6 Å². The molecule has 0 aromatic heterocycles. The third kappa shape index (κ3) is 4.07. The zero-order chi connectivity index (χ0) is 24.7. The zero-order valence-electron chi connectivity index (χ0n) is 21.3. The Hall–Kier alpha value is -2.60. The highest BCUT2D eigenvalue weighted by atomic mass is 19.1. The second-order valence-corrected chi connectivity index (χ2v) is 10.9. The Morgan fingerprint density at radius 3 is 2.67 bits per heavy atom. The van der Waals surface area contributed by atoms with Gasteiger partial charge in [0.15, 0.2) is 0 Å². The normalized spacial score (nSPS) is 30.1. The summed E-state index contributed by atoms with van der Waals surface area (Å²) >= 11 is 0. The first-order chi connectivity index (χ1) is 17.6. The molecular formula is C30H37FN2O3. The average Bonchev–Trinajstić information content (AvgIpc) is 3.55. The van der Waals surface area contributed by atoms with E-state index in [0.29, 0.717) is 37.1 Å². The molecule has 4 aliphatic rings. The molecule has 0 radical (unpaired) electrons. The molecular weight excluding hydrogens is 455 g/mol. The van der Waals surface area contributed by atoms with Crippen LogP contribution in [0.5, 0.6) is 11.5 Å². The predicted molar refractivity (Wildman–Crippen MR) is 139 cm³/mol. The fraction of sp³-hybridized carbons (Fsp3) is 0.567. The van der Waals surface area contributed by atoms with Crippen molar-refractivity contribution in [1.82, 2.24) is 4.90 Å². The van der Waals surface area contributed by atoms with Crippen LogP contribution in [0.15, 0.2) is 42.5 Å². The second kappa shape index (κ2) is 9.70. The molecule has 2 aromatic carbocycles. The lowest BCUT2D eigenvalue weighted by Gasteiger charge is -2.43. The molecule has 6 heteroatoms. The van der Waals surface area contributed by atoms with Gasteiger partial charge in [0.2, 0.25) is 0 Å². The number of anilines is 1. The molecule has 2 aliphatic heterocycles. The van der Waals surface area contributed by atoms with E-state index in [0.717, 1.165) is 67.0 Å². The lowest BCUT2D eigenvalue weighted by molar-refractivity contribution is 0.0633. The van der Waals surface area contributed by atoms with Crippen molar-refractivity contribution < 1.29 is 18.7 Å². The number of benzene rings is 2. The average molecular weight is 493 g/mol. The highest BCUT2D eigenvalue weighted by Crippen LogP contribution is 2.64. The molecule has 2 unspecified atom stereocenters. The number of alkyl halides is 1. The molecule has 2 saturated carbocycles. The lowest BCUT2D eigenvalue weighted by atomic mass is 9.64. The van der Waals surface area contributed by atoms with E-state index >= 15 is 0 Å². The Balaban J connectivity index is 1.07. The molecule has 2 aromatic rings. The molecule has 36 heavy (non-hydrogen) atoms. The van der Waals surface area contributed by atoms with Crippen LogP contribution in [0.25, 0.3) is 0 Å². The molecule has 1 amide bonds. The minimum Gasteiger partial charge on any atom is -0.494 e. The fourth-order valence-corrected chi connectivity index (χ4v) is 6.98. The highest BCUT2D eigenvalue weighted by Gasteiger charge is 2.72. The number of fused-ring (bicyclic) bond motifs is 1. The summed E-state index contributed by atoms with van der Waals surface area (Å²) in [6, 6.07) is 14.4. The number of rotatable bonds is 10. The molecule has 1 spiro atoms. The van der Waals surface area contributed by atoms with E-state index in [1.165, 1.54) is 12.8 Å². The Morgan fingerprint density at radius 1 is 1.08 bits per heavy atom. The van der Waals surface area contributed by atoms with E-state index in [1.807, 2.05) is 47.4 Å². The number of hydrogen-bond acceptors (Lipinski definition) is 4. The summed E-state index contributed by atoms with van der Waals surface area (Å²) in [7, 11) is 0. The van der Waals surface area contributed by atoms with Crippen molar-refractivity contribution in [2.75, 3.05) is 31.3 Å². The molecule has 5 atom stereocenters. The van der Waals surface area contributed by atoms with E-state index in [-0.39, 0.29) is 18.7 Å². The largest absolute Gasteiger partial charge is 0.494 e. The predicted octanol–water partition coefficient (Wildman–Crippen LogP) is 5.80. The molecule has 5 nitrogen and oxygen atoms in total. The van der Waals surface area contributed by atoms with Gasteiger partial charge in [0.05, 0.1) is 13.3 Å². The fourth-order valence-electron chi connectivity index (χ4n) is 6.98. The summed E-state index contributed by atoms with van der Waals surface area (Å²) < 4.78 is 25.0. The summed E-state index contributed by atoms with van der Waals surface area (Å²) in [6.45, 7) is 4.18. The number of amides is 1. The summed E-state index contributed by atoms with van der Waals surface area (Å²) in [5, 5.41) is 0. The van der Waals surface area contributed by atoms with Crippen LogP contribution in [0, 0.1) is 5.92 Å². The minimum atomic E-state index is -0.226. The van der Waals surface area contributed by atoms with Gasteiger partial charge in [-0.1, -0.05) is 13.3 Å². The number of hydrogen-bond donors (Lipinski definition) is 0. The summed E-state index contributed by atoms with van der Waals surface area (Å²) in [6.07, 6.45) is 8.48. The Bertz CT molecular complexity index is 1110. The van der Waals surface area contributed by atoms with Crippen LogP contribution in [-0.2, 0) is 6.42 Å². The van der Waals surface area contributed by atoms with Gasteiger partial charge in [-0.25, -0.2) is 0 Å². The van der Waals surface area contributed by atoms with Crippen molar-refractivity contribution in [2.45, 2.75) is 76.0 Å². The van der Waals surface area contributed by atoms with E-state index < -0.39 is 0 Å². The quantitative estimate of drug-likeness (QED) is 0.310. The van der Waals surface area contributed by atoms with Crippen LogP contribution in [-0.4, -0.2) is 54.9 Å². The highest BCUT2D eigenvalue weighted by molar-refractivity contribution is 6.08. The molecule has 192 valence electrons. The number of carbonyl (C=O) groups excluding carboxylic acids is 1. The van der Waals surface area contributed by atoms with Crippen LogP contribution in [0.1, 0.15) is 67.8 Å². The molecule has 1 saturated heterocycles. The van der Waals surface area contributed by atoms with Crippen molar-refractivity contribution in [3.63, 3.8) is 0 Å². The number of nitrogens with zero attached hydrogens (tertiary/aromatic N) is 2. The summed E-state index contributed by atoms with van der Waals surface area (Å²) in [4.78, 5) is 17.6. The lowest BCUT2D eigenvalue weighted by Crippen LogP contribution is -2.46. The topological polar surface area (TPSA) is 41.8 Å². The maximum Gasteiger partial charge on any atom is 0.258 e. The number of carbonyl (C=O) groups is 1. The van der Waals surface area contributed by atoms with Crippen molar-refractivity contribution in [2.24, 2.45) is 5.92 Å². The minimum absolute atomic E-state index is 0.0423. The van der Waals surface area contributed by atoms with Crippen LogP contribution in [0.4, 0.5) is 10.1 Å². The third-order valence-electron chi connectivity index (χ3n) is 8.96. The van der Waals surface area contributed by atoms with Gasteiger partial charge in [0.25, 0.3) is 5.91 Å². The van der Waals surface area contributed by atoms with Gasteiger partial charge in [0.1, 0.15) is 17.6 Å². The van der Waals surface area contributed by atoms with Gasteiger partial charge < -0.3 is 14.4 Å². The van der Waals surface area contributed by atoms with Crippen LogP contribution >= 0.6 is 0 Å².